The third-order valence-corrected chi connectivity index (χ3v) is 4.43. The van der Waals surface area contributed by atoms with Crippen molar-refractivity contribution in [3.63, 3.8) is 0 Å². The fourth-order valence-electron chi connectivity index (χ4n) is 2.86. The Balaban J connectivity index is 1.44. The molecule has 5 heteroatoms. The highest BCUT2D eigenvalue weighted by atomic mass is 19.3. The maximum Gasteiger partial charge on any atom is 0.253 e. The molecule has 0 aromatic heterocycles. The van der Waals surface area contributed by atoms with Gasteiger partial charge in [0.05, 0.1) is 0 Å². The Kier molecular flexibility index (Phi) is 3.93. The largest absolute Gasteiger partial charge is 0.336 e. The molecule has 0 N–H and O–H groups in total. The van der Waals surface area contributed by atoms with Crippen LogP contribution in [0, 0.1) is 5.92 Å². The van der Waals surface area contributed by atoms with Gasteiger partial charge in [0.2, 0.25) is 0 Å². The van der Waals surface area contributed by atoms with Gasteiger partial charge < -0.3 is 4.90 Å². The lowest BCUT2D eigenvalue weighted by Gasteiger charge is -2.34. The molecule has 1 aliphatic carbocycles. The zero-order chi connectivity index (χ0) is 14.9. The van der Waals surface area contributed by atoms with Crippen LogP contribution in [-0.4, -0.2) is 54.4 Å². The minimum Gasteiger partial charge on any atom is -0.336 e. The number of amides is 1. The monoisotopic (exact) mass is 294 g/mol. The van der Waals surface area contributed by atoms with E-state index in [1.807, 2.05) is 35.2 Å². The Bertz CT molecular complexity index is 498. The van der Waals surface area contributed by atoms with Crippen molar-refractivity contribution in [1.82, 2.24) is 9.80 Å². The van der Waals surface area contributed by atoms with E-state index in [0.717, 1.165) is 13.1 Å². The van der Waals surface area contributed by atoms with Gasteiger partial charge in [0, 0.05) is 44.1 Å². The Morgan fingerprint density at radius 2 is 1.76 bits per heavy atom. The molecule has 2 fully saturated rings. The van der Waals surface area contributed by atoms with Gasteiger partial charge in [0.1, 0.15) is 0 Å². The minimum atomic E-state index is -2.41. The lowest BCUT2D eigenvalue weighted by molar-refractivity contribution is 0.0619. The summed E-state index contributed by atoms with van der Waals surface area (Å²) in [7, 11) is 0. The predicted molar refractivity (Wildman–Crippen MR) is 76.5 cm³/mol. The highest BCUT2D eigenvalue weighted by molar-refractivity contribution is 5.94. The van der Waals surface area contributed by atoms with Crippen molar-refractivity contribution in [3.8, 4) is 0 Å². The number of carbonyl (C=O) groups is 1. The third-order valence-electron chi connectivity index (χ3n) is 4.43. The van der Waals surface area contributed by atoms with Crippen LogP contribution < -0.4 is 0 Å². The predicted octanol–water partition coefficient (Wildman–Crippen LogP) is 2.49. The lowest BCUT2D eigenvalue weighted by atomic mass is 10.1. The van der Waals surface area contributed by atoms with Crippen molar-refractivity contribution in [2.45, 2.75) is 18.8 Å². The molecular weight excluding hydrogens is 274 g/mol. The molecule has 0 spiro atoms. The smallest absolute Gasteiger partial charge is 0.253 e. The second-order valence-electron chi connectivity index (χ2n) is 5.95. The summed E-state index contributed by atoms with van der Waals surface area (Å²) in [4.78, 5) is 16.3. The number of carbonyl (C=O) groups excluding carboxylic acids is 1. The van der Waals surface area contributed by atoms with E-state index in [0.29, 0.717) is 31.6 Å². The molecule has 1 saturated carbocycles. The van der Waals surface area contributed by atoms with Crippen molar-refractivity contribution >= 4 is 5.91 Å². The van der Waals surface area contributed by atoms with Crippen molar-refractivity contribution in [1.29, 1.82) is 0 Å². The first-order chi connectivity index (χ1) is 10.1. The fraction of sp³-hybridized carbons (Fsp3) is 0.562. The molecule has 1 aromatic carbocycles. The van der Waals surface area contributed by atoms with Crippen LogP contribution in [0.15, 0.2) is 30.3 Å². The molecular formula is C16H20F2N2O. The van der Waals surface area contributed by atoms with Crippen molar-refractivity contribution in [2.24, 2.45) is 5.92 Å². The number of alkyl halides is 2. The molecule has 1 heterocycles. The van der Waals surface area contributed by atoms with Gasteiger partial charge in [0.15, 0.2) is 0 Å². The van der Waals surface area contributed by atoms with Gasteiger partial charge in [-0.2, -0.15) is 0 Å². The molecule has 1 aromatic rings. The first-order valence-electron chi connectivity index (χ1n) is 7.51. The van der Waals surface area contributed by atoms with Crippen LogP contribution in [-0.2, 0) is 0 Å². The van der Waals surface area contributed by atoms with Crippen molar-refractivity contribution in [3.05, 3.63) is 35.9 Å². The molecule has 3 nitrogen and oxygen atoms in total. The summed E-state index contributed by atoms with van der Waals surface area (Å²) < 4.78 is 25.7. The zero-order valence-corrected chi connectivity index (χ0v) is 12.0. The maximum atomic E-state index is 12.8. The first kappa shape index (κ1) is 14.4. The molecule has 1 amide bonds. The molecule has 1 saturated heterocycles. The number of hydrogen-bond donors (Lipinski definition) is 0. The third kappa shape index (κ3) is 3.40. The SMILES string of the molecule is O=C(c1ccccc1)N1CCN(CCC2CC2(F)F)CC1. The molecule has 2 aliphatic rings. The molecule has 114 valence electrons. The molecule has 3 rings (SSSR count). The Hall–Kier alpha value is -1.49. The van der Waals surface area contributed by atoms with Crippen LogP contribution in [0.2, 0.25) is 0 Å². The fourth-order valence-corrected chi connectivity index (χ4v) is 2.86. The number of halogens is 2. The normalized spacial score (nSPS) is 24.9. The number of nitrogens with zero attached hydrogens (tertiary/aromatic N) is 2. The Morgan fingerprint density at radius 1 is 1.14 bits per heavy atom. The van der Waals surface area contributed by atoms with E-state index in [4.69, 9.17) is 0 Å². The second-order valence-corrected chi connectivity index (χ2v) is 5.95. The quantitative estimate of drug-likeness (QED) is 0.852. The van der Waals surface area contributed by atoms with Gasteiger partial charge >= 0.3 is 0 Å². The van der Waals surface area contributed by atoms with E-state index >= 15 is 0 Å². The summed E-state index contributed by atoms with van der Waals surface area (Å²) in [6.45, 7) is 3.62. The lowest BCUT2D eigenvalue weighted by Crippen LogP contribution is -2.48. The average molecular weight is 294 g/mol. The molecule has 0 radical (unpaired) electrons. The van der Waals surface area contributed by atoms with Gasteiger partial charge in [-0.05, 0) is 25.1 Å². The van der Waals surface area contributed by atoms with Crippen molar-refractivity contribution in [2.75, 3.05) is 32.7 Å². The Labute approximate surface area is 123 Å². The summed E-state index contributed by atoms with van der Waals surface area (Å²) in [5.74, 6) is -2.77. The number of piperazine rings is 1. The highest BCUT2D eigenvalue weighted by Crippen LogP contribution is 2.50. The molecule has 1 aliphatic heterocycles. The van der Waals surface area contributed by atoms with Crippen LogP contribution in [0.3, 0.4) is 0 Å². The van der Waals surface area contributed by atoms with Gasteiger partial charge in [-0.15, -0.1) is 0 Å². The molecule has 1 atom stereocenters. The second kappa shape index (κ2) is 5.72. The topological polar surface area (TPSA) is 23.6 Å². The van der Waals surface area contributed by atoms with E-state index in [1.54, 1.807) is 0 Å². The molecule has 21 heavy (non-hydrogen) atoms. The number of hydrogen-bond acceptors (Lipinski definition) is 2. The standard InChI is InChI=1S/C16H20F2N2O/c17-16(18)12-14(16)6-7-19-8-10-20(11-9-19)15(21)13-4-2-1-3-5-13/h1-5,14H,6-12H2. The van der Waals surface area contributed by atoms with Gasteiger partial charge in [-0.25, -0.2) is 8.78 Å². The summed E-state index contributed by atoms with van der Waals surface area (Å²) in [6.07, 6.45) is 0.624. The summed E-state index contributed by atoms with van der Waals surface area (Å²) in [5.41, 5.74) is 0.712. The minimum absolute atomic E-state index is 0.0550. The number of rotatable bonds is 4. The summed E-state index contributed by atoms with van der Waals surface area (Å²) in [6, 6.07) is 9.26. The highest BCUT2D eigenvalue weighted by Gasteiger charge is 2.56. The number of benzene rings is 1. The van der Waals surface area contributed by atoms with Crippen LogP contribution in [0.5, 0.6) is 0 Å². The Morgan fingerprint density at radius 3 is 2.33 bits per heavy atom. The van der Waals surface area contributed by atoms with E-state index in [9.17, 15) is 13.6 Å². The maximum absolute atomic E-state index is 12.8. The van der Waals surface area contributed by atoms with Crippen LogP contribution in [0.1, 0.15) is 23.2 Å². The zero-order valence-electron chi connectivity index (χ0n) is 12.0. The van der Waals surface area contributed by atoms with Gasteiger partial charge in [0.25, 0.3) is 11.8 Å². The van der Waals surface area contributed by atoms with Crippen LogP contribution in [0.25, 0.3) is 0 Å². The van der Waals surface area contributed by atoms with E-state index < -0.39 is 11.8 Å². The van der Waals surface area contributed by atoms with E-state index in [-0.39, 0.29) is 12.3 Å². The molecule has 0 bridgehead atoms. The van der Waals surface area contributed by atoms with E-state index in [2.05, 4.69) is 4.90 Å². The van der Waals surface area contributed by atoms with E-state index in [1.165, 1.54) is 0 Å². The van der Waals surface area contributed by atoms with Gasteiger partial charge in [-0.3, -0.25) is 9.69 Å². The van der Waals surface area contributed by atoms with Crippen LogP contribution in [0.4, 0.5) is 8.78 Å². The average Bonchev–Trinajstić information content (AvgIpc) is 3.13. The molecule has 1 unspecified atom stereocenters. The van der Waals surface area contributed by atoms with Crippen LogP contribution >= 0.6 is 0 Å². The van der Waals surface area contributed by atoms with Gasteiger partial charge in [-0.1, -0.05) is 18.2 Å². The van der Waals surface area contributed by atoms with Crippen molar-refractivity contribution < 1.29 is 13.6 Å². The first-order valence-corrected chi connectivity index (χ1v) is 7.51. The summed E-state index contributed by atoms with van der Waals surface area (Å²) in [5, 5.41) is 0. The summed E-state index contributed by atoms with van der Waals surface area (Å²) >= 11 is 0.